The van der Waals surface area contributed by atoms with Gasteiger partial charge in [-0.15, -0.1) is 0 Å². The number of benzene rings is 1. The van der Waals surface area contributed by atoms with Crippen molar-refractivity contribution >= 4 is 20.8 Å². The molecule has 0 fully saturated rings. The van der Waals surface area contributed by atoms with Crippen LogP contribution >= 0.6 is 0 Å². The molecule has 110 valence electrons. The van der Waals surface area contributed by atoms with E-state index in [1.165, 1.54) is 12.3 Å². The summed E-state index contributed by atoms with van der Waals surface area (Å²) >= 11 is 0. The van der Waals surface area contributed by atoms with Crippen LogP contribution in [0.1, 0.15) is 11.1 Å². The molecule has 0 bridgehead atoms. The van der Waals surface area contributed by atoms with E-state index in [2.05, 4.69) is 16.6 Å². The lowest BCUT2D eigenvalue weighted by atomic mass is 10.1. The standard InChI is InChI=1S/C13H18N2O3S2/c1-11-5-6-13(12(10-11)4-3-7-14)20(17,18)15-8-9-19(2)16/h5-6,10,15H,7-9,14H2,1-2H3. The maximum absolute atomic E-state index is 12.2. The Morgan fingerprint density at radius 3 is 2.70 bits per heavy atom. The van der Waals surface area contributed by atoms with E-state index < -0.39 is 20.8 Å². The average molecular weight is 314 g/mol. The monoisotopic (exact) mass is 314 g/mol. The van der Waals surface area contributed by atoms with Crippen LogP contribution in [0.15, 0.2) is 23.1 Å². The largest absolute Gasteiger partial charge is 0.320 e. The first-order valence-electron chi connectivity index (χ1n) is 5.96. The number of hydrogen-bond donors (Lipinski definition) is 2. The number of rotatable bonds is 5. The Kier molecular flexibility index (Phi) is 6.36. The van der Waals surface area contributed by atoms with E-state index in [1.54, 1.807) is 12.1 Å². The molecule has 1 unspecified atom stereocenters. The van der Waals surface area contributed by atoms with Crippen molar-refractivity contribution in [2.24, 2.45) is 5.73 Å². The van der Waals surface area contributed by atoms with Gasteiger partial charge in [0, 0.05) is 34.9 Å². The molecule has 20 heavy (non-hydrogen) atoms. The van der Waals surface area contributed by atoms with Gasteiger partial charge in [0.05, 0.1) is 11.4 Å². The second-order valence-corrected chi connectivity index (χ2v) is 7.47. The zero-order valence-electron chi connectivity index (χ0n) is 11.5. The van der Waals surface area contributed by atoms with E-state index in [0.29, 0.717) is 5.56 Å². The first-order valence-corrected chi connectivity index (χ1v) is 9.17. The molecule has 0 heterocycles. The molecule has 0 amide bonds. The lowest BCUT2D eigenvalue weighted by Gasteiger charge is -2.08. The predicted molar refractivity (Wildman–Crippen MR) is 81.2 cm³/mol. The topological polar surface area (TPSA) is 89.3 Å². The summed E-state index contributed by atoms with van der Waals surface area (Å²) in [6.07, 6.45) is 1.53. The molecule has 0 spiro atoms. The van der Waals surface area contributed by atoms with Crippen LogP contribution in [0.2, 0.25) is 0 Å². The normalized spacial score (nSPS) is 12.6. The fraction of sp³-hybridized carbons (Fsp3) is 0.385. The molecule has 0 aliphatic carbocycles. The lowest BCUT2D eigenvalue weighted by Crippen LogP contribution is -2.28. The Bertz CT molecular complexity index is 658. The number of nitrogens with one attached hydrogen (secondary N) is 1. The molecule has 0 saturated carbocycles. The van der Waals surface area contributed by atoms with Gasteiger partial charge in [-0.25, -0.2) is 13.1 Å². The van der Waals surface area contributed by atoms with Crippen LogP contribution in [0.25, 0.3) is 0 Å². The Balaban J connectivity index is 3.07. The van der Waals surface area contributed by atoms with Crippen molar-refractivity contribution in [2.75, 3.05) is 25.1 Å². The fourth-order valence-electron chi connectivity index (χ4n) is 1.52. The Hall–Kier alpha value is -1.20. The molecule has 1 atom stereocenters. The number of nitrogens with two attached hydrogens (primary N) is 1. The van der Waals surface area contributed by atoms with E-state index >= 15 is 0 Å². The zero-order chi connectivity index (χ0) is 15.2. The van der Waals surface area contributed by atoms with Crippen LogP contribution in [0.5, 0.6) is 0 Å². The van der Waals surface area contributed by atoms with Crippen molar-refractivity contribution in [3.05, 3.63) is 29.3 Å². The van der Waals surface area contributed by atoms with Gasteiger partial charge < -0.3 is 5.73 Å². The van der Waals surface area contributed by atoms with Crippen molar-refractivity contribution in [3.8, 4) is 11.8 Å². The molecule has 0 aliphatic heterocycles. The van der Waals surface area contributed by atoms with Gasteiger partial charge in [0.1, 0.15) is 0 Å². The molecule has 1 aromatic carbocycles. The molecule has 0 radical (unpaired) electrons. The van der Waals surface area contributed by atoms with E-state index in [9.17, 15) is 12.6 Å². The summed E-state index contributed by atoms with van der Waals surface area (Å²) in [5.74, 6) is 5.69. The van der Waals surface area contributed by atoms with E-state index in [-0.39, 0.29) is 23.7 Å². The number of hydrogen-bond acceptors (Lipinski definition) is 4. The Labute approximate surface area is 122 Å². The van der Waals surface area contributed by atoms with Gasteiger partial charge in [0.2, 0.25) is 10.0 Å². The van der Waals surface area contributed by atoms with Crippen molar-refractivity contribution in [3.63, 3.8) is 0 Å². The SMILES string of the molecule is Cc1ccc(S(=O)(=O)NCCS(C)=O)c(C#CCN)c1. The van der Waals surface area contributed by atoms with Gasteiger partial charge >= 0.3 is 0 Å². The summed E-state index contributed by atoms with van der Waals surface area (Å²) in [7, 11) is -4.70. The summed E-state index contributed by atoms with van der Waals surface area (Å²) in [6.45, 7) is 2.15. The number of sulfonamides is 1. The van der Waals surface area contributed by atoms with Gasteiger partial charge in [-0.2, -0.15) is 0 Å². The molecule has 5 nitrogen and oxygen atoms in total. The van der Waals surface area contributed by atoms with Gasteiger partial charge in [-0.1, -0.05) is 17.9 Å². The minimum atomic E-state index is -3.66. The van der Waals surface area contributed by atoms with Gasteiger partial charge in [-0.05, 0) is 24.6 Å². The summed E-state index contributed by atoms with van der Waals surface area (Å²) < 4.78 is 37.8. The molecular weight excluding hydrogens is 296 g/mol. The zero-order valence-corrected chi connectivity index (χ0v) is 13.1. The van der Waals surface area contributed by atoms with Crippen molar-refractivity contribution in [1.29, 1.82) is 0 Å². The average Bonchev–Trinajstić information content (AvgIpc) is 2.35. The van der Waals surface area contributed by atoms with E-state index in [4.69, 9.17) is 5.73 Å². The highest BCUT2D eigenvalue weighted by molar-refractivity contribution is 7.89. The van der Waals surface area contributed by atoms with Crippen LogP contribution in [0, 0.1) is 18.8 Å². The molecule has 3 N–H and O–H groups in total. The van der Waals surface area contributed by atoms with Gasteiger partial charge in [0.25, 0.3) is 0 Å². The van der Waals surface area contributed by atoms with E-state index in [0.717, 1.165) is 5.56 Å². The van der Waals surface area contributed by atoms with Crippen LogP contribution in [-0.2, 0) is 20.8 Å². The highest BCUT2D eigenvalue weighted by Crippen LogP contribution is 2.16. The first kappa shape index (κ1) is 16.9. The first-order chi connectivity index (χ1) is 9.36. The molecule has 1 rings (SSSR count). The summed E-state index contributed by atoms with van der Waals surface area (Å²) in [4.78, 5) is 0.117. The Morgan fingerprint density at radius 2 is 2.10 bits per heavy atom. The lowest BCUT2D eigenvalue weighted by molar-refractivity contribution is 0.584. The predicted octanol–water partition coefficient (Wildman–Crippen LogP) is -0.0380. The second-order valence-electron chi connectivity index (χ2n) is 4.18. The maximum Gasteiger partial charge on any atom is 0.241 e. The van der Waals surface area contributed by atoms with Crippen LogP contribution in [0.4, 0.5) is 0 Å². The molecule has 7 heteroatoms. The Morgan fingerprint density at radius 1 is 1.40 bits per heavy atom. The van der Waals surface area contributed by atoms with Crippen LogP contribution in [-0.4, -0.2) is 37.7 Å². The van der Waals surface area contributed by atoms with E-state index in [1.807, 2.05) is 6.92 Å². The van der Waals surface area contributed by atoms with Gasteiger partial charge in [-0.3, -0.25) is 4.21 Å². The molecule has 1 aromatic rings. The fourth-order valence-corrected chi connectivity index (χ4v) is 3.21. The highest BCUT2D eigenvalue weighted by atomic mass is 32.2. The third-order valence-corrected chi connectivity index (χ3v) is 4.73. The minimum Gasteiger partial charge on any atom is -0.320 e. The summed E-state index contributed by atoms with van der Waals surface area (Å²) in [5.41, 5.74) is 6.65. The van der Waals surface area contributed by atoms with Crippen molar-refractivity contribution in [2.45, 2.75) is 11.8 Å². The molecular formula is C13H18N2O3S2. The molecule has 0 aliphatic rings. The van der Waals surface area contributed by atoms with Crippen molar-refractivity contribution < 1.29 is 12.6 Å². The third-order valence-electron chi connectivity index (χ3n) is 2.43. The van der Waals surface area contributed by atoms with Crippen LogP contribution < -0.4 is 10.5 Å². The smallest absolute Gasteiger partial charge is 0.241 e. The second kappa shape index (κ2) is 7.55. The highest BCUT2D eigenvalue weighted by Gasteiger charge is 2.17. The minimum absolute atomic E-state index is 0.117. The van der Waals surface area contributed by atoms with Crippen molar-refractivity contribution in [1.82, 2.24) is 4.72 Å². The third kappa shape index (κ3) is 5.06. The quantitative estimate of drug-likeness (QED) is 0.747. The van der Waals surface area contributed by atoms with Crippen LogP contribution in [0.3, 0.4) is 0 Å². The number of aryl methyl sites for hydroxylation is 1. The summed E-state index contributed by atoms with van der Waals surface area (Å²) in [5, 5.41) is 0. The molecule has 0 aromatic heterocycles. The van der Waals surface area contributed by atoms with Gasteiger partial charge in [0.15, 0.2) is 0 Å². The summed E-state index contributed by atoms with van der Waals surface area (Å²) in [6, 6.07) is 4.93. The maximum atomic E-state index is 12.2. The molecule has 0 saturated heterocycles.